The molecule has 2 amide bonds. The van der Waals surface area contributed by atoms with E-state index < -0.39 is 17.7 Å². The van der Waals surface area contributed by atoms with Gasteiger partial charge < -0.3 is 20.1 Å². The van der Waals surface area contributed by atoms with E-state index in [9.17, 15) is 9.59 Å². The molecule has 1 atom stereocenters. The molecule has 33 heavy (non-hydrogen) atoms. The van der Waals surface area contributed by atoms with Gasteiger partial charge >= 0.3 is 6.09 Å². The van der Waals surface area contributed by atoms with Crippen molar-refractivity contribution in [3.8, 4) is 5.75 Å². The van der Waals surface area contributed by atoms with Crippen LogP contribution in [0.1, 0.15) is 64.0 Å². The lowest BCUT2D eigenvalue weighted by Gasteiger charge is -2.27. The minimum atomic E-state index is -0.730. The summed E-state index contributed by atoms with van der Waals surface area (Å²) in [6.07, 6.45) is 5.16. The van der Waals surface area contributed by atoms with Crippen LogP contribution in [0.25, 0.3) is 0 Å². The SMILES string of the molecule is CC(C)(C)OC(=O)NC(Cc1cccc(OCc2ccccc2)c1)C(=O)NC1CCCCC1. The lowest BCUT2D eigenvalue weighted by Crippen LogP contribution is -2.51. The molecule has 2 N–H and O–H groups in total. The van der Waals surface area contributed by atoms with Crippen LogP contribution in [-0.4, -0.2) is 29.7 Å². The zero-order valence-electron chi connectivity index (χ0n) is 19.9. The molecule has 0 heterocycles. The molecule has 2 aromatic rings. The highest BCUT2D eigenvalue weighted by Crippen LogP contribution is 2.19. The third-order valence-corrected chi connectivity index (χ3v) is 5.55. The molecule has 1 saturated carbocycles. The zero-order valence-corrected chi connectivity index (χ0v) is 19.9. The molecule has 3 rings (SSSR count). The molecule has 1 aliphatic carbocycles. The number of rotatable bonds is 8. The van der Waals surface area contributed by atoms with Crippen LogP contribution in [-0.2, 0) is 22.6 Å². The molecule has 0 radical (unpaired) electrons. The number of carbonyl (C=O) groups is 2. The molecule has 0 saturated heterocycles. The van der Waals surface area contributed by atoms with Crippen molar-refractivity contribution in [3.05, 3.63) is 65.7 Å². The maximum absolute atomic E-state index is 13.1. The van der Waals surface area contributed by atoms with Gasteiger partial charge in [-0.05, 0) is 56.9 Å². The van der Waals surface area contributed by atoms with Crippen molar-refractivity contribution in [1.29, 1.82) is 0 Å². The number of alkyl carbamates (subject to hydrolysis) is 1. The Morgan fingerprint density at radius 3 is 2.36 bits per heavy atom. The van der Waals surface area contributed by atoms with E-state index in [4.69, 9.17) is 9.47 Å². The van der Waals surface area contributed by atoms with Gasteiger partial charge in [0.1, 0.15) is 24.0 Å². The molecule has 6 nitrogen and oxygen atoms in total. The lowest BCUT2D eigenvalue weighted by molar-refractivity contribution is -0.124. The lowest BCUT2D eigenvalue weighted by atomic mass is 9.95. The maximum Gasteiger partial charge on any atom is 0.408 e. The van der Waals surface area contributed by atoms with Crippen LogP contribution < -0.4 is 15.4 Å². The predicted molar refractivity (Wildman–Crippen MR) is 129 cm³/mol. The second-order valence-electron chi connectivity index (χ2n) is 9.67. The van der Waals surface area contributed by atoms with Gasteiger partial charge in [0, 0.05) is 12.5 Å². The van der Waals surface area contributed by atoms with Crippen molar-refractivity contribution in [2.45, 2.75) is 83.6 Å². The fraction of sp³-hybridized carbons (Fsp3) is 0.481. The largest absolute Gasteiger partial charge is 0.489 e. The standard InChI is InChI=1S/C27H36N2O4/c1-27(2,3)33-26(31)29-24(25(30)28-22-14-8-5-9-15-22)18-21-13-10-16-23(17-21)32-19-20-11-6-4-7-12-20/h4,6-7,10-13,16-17,22,24H,5,8-9,14-15,18-19H2,1-3H3,(H,28,30)(H,29,31). The summed E-state index contributed by atoms with van der Waals surface area (Å²) in [5, 5.41) is 5.90. The molecule has 1 aliphatic rings. The first-order valence-electron chi connectivity index (χ1n) is 11.8. The van der Waals surface area contributed by atoms with E-state index in [2.05, 4.69) is 10.6 Å². The van der Waals surface area contributed by atoms with Gasteiger partial charge in [-0.15, -0.1) is 0 Å². The quantitative estimate of drug-likeness (QED) is 0.581. The number of amides is 2. The Balaban J connectivity index is 1.67. The van der Waals surface area contributed by atoms with Crippen LogP contribution in [0.2, 0.25) is 0 Å². The molecule has 178 valence electrons. The van der Waals surface area contributed by atoms with E-state index in [1.165, 1.54) is 6.42 Å². The molecular weight excluding hydrogens is 416 g/mol. The average Bonchev–Trinajstić information content (AvgIpc) is 2.78. The summed E-state index contributed by atoms with van der Waals surface area (Å²) in [6, 6.07) is 17.0. The Hall–Kier alpha value is -3.02. The number of benzene rings is 2. The second kappa shape index (κ2) is 11.7. The van der Waals surface area contributed by atoms with E-state index in [0.29, 0.717) is 13.0 Å². The Kier molecular flexibility index (Phi) is 8.75. The molecular formula is C27H36N2O4. The highest BCUT2D eigenvalue weighted by molar-refractivity contribution is 5.86. The van der Waals surface area contributed by atoms with Crippen molar-refractivity contribution in [2.75, 3.05) is 0 Å². The third kappa shape index (κ3) is 8.79. The van der Waals surface area contributed by atoms with Gasteiger partial charge in [0.25, 0.3) is 0 Å². The Morgan fingerprint density at radius 2 is 1.67 bits per heavy atom. The van der Waals surface area contributed by atoms with Crippen molar-refractivity contribution in [3.63, 3.8) is 0 Å². The van der Waals surface area contributed by atoms with Crippen molar-refractivity contribution in [1.82, 2.24) is 10.6 Å². The second-order valence-corrected chi connectivity index (χ2v) is 9.67. The summed E-state index contributed by atoms with van der Waals surface area (Å²) in [5.74, 6) is 0.545. The van der Waals surface area contributed by atoms with Crippen LogP contribution in [0.15, 0.2) is 54.6 Å². The first kappa shape index (κ1) is 24.6. The van der Waals surface area contributed by atoms with Gasteiger partial charge in [-0.3, -0.25) is 4.79 Å². The average molecular weight is 453 g/mol. The number of ether oxygens (including phenoxy) is 2. The monoisotopic (exact) mass is 452 g/mol. The minimum Gasteiger partial charge on any atom is -0.489 e. The molecule has 0 spiro atoms. The summed E-state index contributed by atoms with van der Waals surface area (Å²) in [5.41, 5.74) is 1.35. The smallest absolute Gasteiger partial charge is 0.408 e. The number of carbonyl (C=O) groups excluding carboxylic acids is 2. The van der Waals surface area contributed by atoms with Gasteiger partial charge in [-0.1, -0.05) is 61.7 Å². The van der Waals surface area contributed by atoms with Gasteiger partial charge in [0.15, 0.2) is 0 Å². The maximum atomic E-state index is 13.1. The fourth-order valence-corrected chi connectivity index (χ4v) is 3.95. The highest BCUT2D eigenvalue weighted by Gasteiger charge is 2.27. The molecule has 0 bridgehead atoms. The van der Waals surface area contributed by atoms with Crippen LogP contribution in [0.3, 0.4) is 0 Å². The van der Waals surface area contributed by atoms with E-state index in [0.717, 1.165) is 42.6 Å². The van der Waals surface area contributed by atoms with E-state index in [1.54, 1.807) is 20.8 Å². The van der Waals surface area contributed by atoms with Crippen LogP contribution in [0, 0.1) is 0 Å². The minimum absolute atomic E-state index is 0.162. The first-order chi connectivity index (χ1) is 15.8. The van der Waals surface area contributed by atoms with Gasteiger partial charge in [0.05, 0.1) is 0 Å². The topological polar surface area (TPSA) is 76.7 Å². The first-order valence-corrected chi connectivity index (χ1v) is 11.8. The summed E-state index contributed by atoms with van der Waals surface area (Å²) in [6.45, 7) is 5.87. The summed E-state index contributed by atoms with van der Waals surface area (Å²) in [7, 11) is 0. The van der Waals surface area contributed by atoms with Gasteiger partial charge in [-0.25, -0.2) is 4.79 Å². The van der Waals surface area contributed by atoms with Crippen LogP contribution in [0.5, 0.6) is 5.75 Å². The Morgan fingerprint density at radius 1 is 0.970 bits per heavy atom. The normalized spacial score (nSPS) is 15.4. The van der Waals surface area contributed by atoms with Crippen molar-refractivity contribution in [2.24, 2.45) is 0 Å². The van der Waals surface area contributed by atoms with Crippen molar-refractivity contribution < 1.29 is 19.1 Å². The molecule has 0 aliphatic heterocycles. The highest BCUT2D eigenvalue weighted by atomic mass is 16.6. The zero-order chi connectivity index (χ0) is 23.7. The summed E-state index contributed by atoms with van der Waals surface area (Å²) >= 11 is 0. The number of nitrogens with one attached hydrogen (secondary N) is 2. The van der Waals surface area contributed by atoms with Crippen LogP contribution in [0.4, 0.5) is 4.79 Å². The number of hydrogen-bond acceptors (Lipinski definition) is 4. The summed E-state index contributed by atoms with van der Waals surface area (Å²) in [4.78, 5) is 25.5. The molecule has 1 fully saturated rings. The van der Waals surface area contributed by atoms with Gasteiger partial charge in [0.2, 0.25) is 5.91 Å². The van der Waals surface area contributed by atoms with Crippen molar-refractivity contribution >= 4 is 12.0 Å². The third-order valence-electron chi connectivity index (χ3n) is 5.55. The van der Waals surface area contributed by atoms with Crippen LogP contribution >= 0.6 is 0 Å². The fourth-order valence-electron chi connectivity index (χ4n) is 3.95. The Bertz CT molecular complexity index is 902. The molecule has 0 aromatic heterocycles. The molecule has 2 aromatic carbocycles. The molecule has 6 heteroatoms. The summed E-state index contributed by atoms with van der Waals surface area (Å²) < 4.78 is 11.3. The van der Waals surface area contributed by atoms with E-state index >= 15 is 0 Å². The van der Waals surface area contributed by atoms with E-state index in [1.807, 2.05) is 54.6 Å². The van der Waals surface area contributed by atoms with E-state index in [-0.39, 0.29) is 11.9 Å². The number of hydrogen-bond donors (Lipinski definition) is 2. The van der Waals surface area contributed by atoms with Gasteiger partial charge in [-0.2, -0.15) is 0 Å². The predicted octanol–water partition coefficient (Wildman–Crippen LogP) is 5.15. The Labute approximate surface area is 197 Å². The molecule has 1 unspecified atom stereocenters.